The lowest BCUT2D eigenvalue weighted by Gasteiger charge is -2.03. The van der Waals surface area contributed by atoms with Crippen molar-refractivity contribution in [1.82, 2.24) is 20.6 Å². The van der Waals surface area contributed by atoms with Crippen LogP contribution in [0.1, 0.15) is 24.1 Å². The van der Waals surface area contributed by atoms with Gasteiger partial charge < -0.3 is 34.3 Å². The van der Waals surface area contributed by atoms with Gasteiger partial charge in [0.05, 0.1) is 26.9 Å². The minimum atomic E-state index is -0.154. The average Bonchev–Trinajstić information content (AvgIpc) is 3.26. The molecule has 0 bridgehead atoms. The molecule has 1 aromatic heterocycles. The van der Waals surface area contributed by atoms with Crippen LogP contribution in [-0.4, -0.2) is 77.4 Å². The number of hydrogen-bond acceptors (Lipinski definition) is 10. The summed E-state index contributed by atoms with van der Waals surface area (Å²) in [7, 11) is 8.23. The van der Waals surface area contributed by atoms with E-state index in [-0.39, 0.29) is 13.5 Å². The van der Waals surface area contributed by atoms with Crippen molar-refractivity contribution in [1.29, 1.82) is 0 Å². The van der Waals surface area contributed by atoms with Gasteiger partial charge in [-0.2, -0.15) is 0 Å². The highest BCUT2D eigenvalue weighted by Gasteiger charge is 1.95. The van der Waals surface area contributed by atoms with Gasteiger partial charge in [-0.05, 0) is 59.5 Å². The first-order valence-electron chi connectivity index (χ1n) is 17.1. The zero-order valence-corrected chi connectivity index (χ0v) is 34.8. The van der Waals surface area contributed by atoms with Gasteiger partial charge in [0.2, 0.25) is 0 Å². The Balaban J connectivity index is 0. The third-order valence-corrected chi connectivity index (χ3v) is 7.61. The molecule has 0 aliphatic rings. The number of hydrogen-bond donors (Lipinski definition) is 2. The van der Waals surface area contributed by atoms with Gasteiger partial charge in [-0.15, -0.1) is 18.3 Å². The Morgan fingerprint density at radius 3 is 1.57 bits per heavy atom. The second kappa shape index (κ2) is 40.0. The Labute approximate surface area is 344 Å². The summed E-state index contributed by atoms with van der Waals surface area (Å²) in [5.41, 5.74) is 3.49. The quantitative estimate of drug-likeness (QED) is 0.0392. The Kier molecular flexibility index (Phi) is 38.1. The van der Waals surface area contributed by atoms with Gasteiger partial charge in [0, 0.05) is 52.2 Å². The Bertz CT molecular complexity index is 1540. The van der Waals surface area contributed by atoms with Gasteiger partial charge in [0.25, 0.3) is 0 Å². The number of thioether (sulfide) groups is 2. The number of nitrogens with zero attached hydrogens (tertiary/aromatic N) is 2. The van der Waals surface area contributed by atoms with Crippen molar-refractivity contribution in [2.75, 3.05) is 61.4 Å². The highest BCUT2D eigenvalue weighted by molar-refractivity contribution is 7.98. The van der Waals surface area contributed by atoms with Crippen LogP contribution in [0.25, 0.3) is 0 Å². The number of aromatic nitrogens is 2. The van der Waals surface area contributed by atoms with Crippen LogP contribution in [0.15, 0.2) is 156 Å². The van der Waals surface area contributed by atoms with Crippen LogP contribution in [0.3, 0.4) is 0 Å². The molecule has 0 saturated heterocycles. The monoisotopic (exact) mass is 806 g/mol. The van der Waals surface area contributed by atoms with Gasteiger partial charge in [-0.1, -0.05) is 116 Å². The van der Waals surface area contributed by atoms with Gasteiger partial charge in [0.1, 0.15) is 12.5 Å². The van der Waals surface area contributed by atoms with Crippen molar-refractivity contribution in [2.45, 2.75) is 37.2 Å². The summed E-state index contributed by atoms with van der Waals surface area (Å²) in [5, 5.41) is 6.01. The first-order chi connectivity index (χ1) is 26.9. The highest BCUT2D eigenvalue weighted by atomic mass is 32.2. The highest BCUT2D eigenvalue weighted by Crippen LogP contribution is 2.18. The number of benzene rings is 4. The van der Waals surface area contributed by atoms with Gasteiger partial charge >= 0.3 is 6.03 Å². The third kappa shape index (κ3) is 31.6. The number of carbonyl (C=O) groups is 1. The molecule has 0 fully saturated rings. The number of nitrogens with one attached hydrogen (secondary N) is 2. The maximum atomic E-state index is 10.8. The molecule has 5 rings (SSSR count). The molecule has 0 aliphatic carbocycles. The molecule has 0 saturated carbocycles. The Morgan fingerprint density at radius 1 is 0.679 bits per heavy atom. The first-order valence-corrected chi connectivity index (χ1v) is 19.6. The zero-order valence-electron chi connectivity index (χ0n) is 33.2. The normalized spacial score (nSPS) is 9.05. The van der Waals surface area contributed by atoms with E-state index in [2.05, 4.69) is 38.2 Å². The molecule has 2 N–H and O–H groups in total. The predicted octanol–water partition coefficient (Wildman–Crippen LogP) is 9.83. The summed E-state index contributed by atoms with van der Waals surface area (Å²) in [6.45, 7) is 6.33. The number of methoxy groups -OCH3 is 4. The smallest absolute Gasteiger partial charge is 0.314 e. The minimum Gasteiger partial charge on any atom is -0.497 e. The molecule has 2 amide bonds. The van der Waals surface area contributed by atoms with Crippen molar-refractivity contribution in [3.63, 3.8) is 0 Å². The fourth-order valence-corrected chi connectivity index (χ4v) is 4.39. The lowest BCUT2D eigenvalue weighted by atomic mass is 10.2. The van der Waals surface area contributed by atoms with E-state index in [1.165, 1.54) is 16.0 Å². The number of rotatable bonds is 13. The summed E-state index contributed by atoms with van der Waals surface area (Å²) in [5.74, 6) is 0.915. The summed E-state index contributed by atoms with van der Waals surface area (Å²) < 4.78 is 24.4. The number of ether oxygens (including phenoxy) is 5. The lowest BCUT2D eigenvalue weighted by molar-refractivity contribution is -0.0390. The van der Waals surface area contributed by atoms with Crippen LogP contribution in [0.4, 0.5) is 4.79 Å². The van der Waals surface area contributed by atoms with Crippen molar-refractivity contribution >= 4 is 29.6 Å². The van der Waals surface area contributed by atoms with Gasteiger partial charge in [-0.25, -0.2) is 14.8 Å². The number of carbonyl (C=O) groups excluding carboxylic acids is 1. The maximum absolute atomic E-state index is 10.8. The van der Waals surface area contributed by atoms with E-state index in [4.69, 9.17) is 18.9 Å². The standard InChI is InChI=1S/C9H12N2O.C9H12O2.C8H10OS.C8H10O.C5H6N2S.C4H8O.CH4/c1-10-9(12)11-7-8-5-3-2-4-6-8;1-10-8-11-7-9-5-3-2-4-6-9;1-9-7-3-5-8(10-2)6-4-7;1-9-7-8-5-3-2-4-6-8;1-8-5-6-3-2-4-7-5;1-3-4-5-2;/h2-6H,7H2,1H3,(H2,10,11,12);2-6H,7-8H2,1H3;3-6H,1-2H3;2-6H,7H2,1H3;2-4H,1H3;3H,1,4H2,2H3;1H4. The van der Waals surface area contributed by atoms with E-state index in [1.54, 1.807) is 83.5 Å². The second-order valence-electron chi connectivity index (χ2n) is 10.4. The molecule has 10 nitrogen and oxygen atoms in total. The topological polar surface area (TPSA) is 113 Å². The summed E-state index contributed by atoms with van der Waals surface area (Å²) >= 11 is 3.28. The molecule has 1 heterocycles. The molecule has 56 heavy (non-hydrogen) atoms. The van der Waals surface area contributed by atoms with Crippen molar-refractivity contribution in [3.8, 4) is 5.75 Å². The zero-order chi connectivity index (χ0) is 40.6. The Hall–Kier alpha value is -4.69. The lowest BCUT2D eigenvalue weighted by Crippen LogP contribution is -2.32. The fraction of sp³-hybridized carbons (Fsp3) is 0.295. The molecular weight excluding hydrogens is 745 g/mol. The molecular formula is C44H62N4O6S2. The SMILES string of the molecule is C.C=CCOC.CNC(=O)NCc1ccccc1.COCOCc1ccccc1.COCc1ccccc1.COc1ccc(SC)cc1.CSc1ncccn1. The van der Waals surface area contributed by atoms with E-state index in [1.807, 2.05) is 122 Å². The van der Waals surface area contributed by atoms with Crippen LogP contribution >= 0.6 is 23.5 Å². The summed E-state index contributed by atoms with van der Waals surface area (Å²) in [6, 6.07) is 39.6. The first kappa shape index (κ1) is 53.4. The number of amides is 2. The molecule has 12 heteroatoms. The van der Waals surface area contributed by atoms with Crippen molar-refractivity contribution < 1.29 is 28.5 Å². The van der Waals surface area contributed by atoms with E-state index in [9.17, 15) is 4.79 Å². The predicted molar refractivity (Wildman–Crippen MR) is 235 cm³/mol. The molecule has 0 unspecified atom stereocenters. The second-order valence-corrected chi connectivity index (χ2v) is 12.1. The van der Waals surface area contributed by atoms with E-state index in [0.29, 0.717) is 33.2 Å². The van der Waals surface area contributed by atoms with Crippen LogP contribution in [-0.2, 0) is 38.7 Å². The van der Waals surface area contributed by atoms with Crippen LogP contribution in [0.2, 0.25) is 0 Å². The van der Waals surface area contributed by atoms with E-state index < -0.39 is 0 Å². The third-order valence-electron chi connectivity index (χ3n) is 6.29. The minimum absolute atomic E-state index is 0. The van der Waals surface area contributed by atoms with Crippen molar-refractivity contribution in [3.05, 3.63) is 163 Å². The molecule has 5 aromatic rings. The van der Waals surface area contributed by atoms with E-state index in [0.717, 1.165) is 16.5 Å². The molecule has 0 atom stereocenters. The van der Waals surface area contributed by atoms with Gasteiger partial charge in [0.15, 0.2) is 5.16 Å². The maximum Gasteiger partial charge on any atom is 0.314 e. The largest absolute Gasteiger partial charge is 0.497 e. The number of urea groups is 1. The molecule has 4 aromatic carbocycles. The fourth-order valence-electron chi connectivity index (χ4n) is 3.65. The van der Waals surface area contributed by atoms with Crippen LogP contribution < -0.4 is 15.4 Å². The van der Waals surface area contributed by atoms with Crippen molar-refractivity contribution in [2.24, 2.45) is 0 Å². The molecule has 0 radical (unpaired) electrons. The molecule has 306 valence electrons. The van der Waals surface area contributed by atoms with Crippen LogP contribution in [0, 0.1) is 0 Å². The summed E-state index contributed by atoms with van der Waals surface area (Å²) in [6.07, 6.45) is 9.19. The Morgan fingerprint density at radius 2 is 1.20 bits per heavy atom. The average molecular weight is 807 g/mol. The molecule has 0 aliphatic heterocycles. The van der Waals surface area contributed by atoms with Crippen LogP contribution in [0.5, 0.6) is 5.75 Å². The summed E-state index contributed by atoms with van der Waals surface area (Å²) in [4.78, 5) is 19.9. The molecule has 0 spiro atoms. The van der Waals surface area contributed by atoms with Gasteiger partial charge in [-0.3, -0.25) is 0 Å². The van der Waals surface area contributed by atoms with E-state index >= 15 is 0 Å².